The minimum Gasteiger partial charge on any atom is -0.495 e. The third kappa shape index (κ3) is 1.23. The Morgan fingerprint density at radius 1 is 1.27 bits per heavy atom. The number of nitrogens with one attached hydrogen (secondary N) is 2. The molecule has 2 heterocycles. The number of methoxy groups -OCH3 is 1. The van der Waals surface area contributed by atoms with Crippen molar-refractivity contribution in [2.45, 2.75) is 13.0 Å². The summed E-state index contributed by atoms with van der Waals surface area (Å²) in [5.41, 5.74) is 3.89. The van der Waals surface area contributed by atoms with E-state index >= 15 is 0 Å². The summed E-state index contributed by atoms with van der Waals surface area (Å²) >= 11 is 0. The SMILES string of the molecule is COc1ccc2c3c(c[nH]c13)CCNC2. The monoisotopic (exact) mass is 202 g/mol. The zero-order chi connectivity index (χ0) is 10.3. The summed E-state index contributed by atoms with van der Waals surface area (Å²) in [6, 6.07) is 4.18. The maximum atomic E-state index is 5.35. The first-order valence-corrected chi connectivity index (χ1v) is 5.26. The van der Waals surface area contributed by atoms with Crippen molar-refractivity contribution in [3.05, 3.63) is 29.5 Å². The fourth-order valence-corrected chi connectivity index (χ4v) is 2.33. The maximum Gasteiger partial charge on any atom is 0.142 e. The molecule has 78 valence electrons. The molecule has 1 aromatic heterocycles. The molecule has 2 N–H and O–H groups in total. The molecule has 0 aliphatic carbocycles. The standard InChI is InChI=1S/C12H14N2O/c1-15-10-3-2-8-6-13-5-4-9-7-14-12(10)11(8)9/h2-3,7,13-14H,4-6H2,1H3. The van der Waals surface area contributed by atoms with Crippen molar-refractivity contribution < 1.29 is 4.74 Å². The molecule has 3 rings (SSSR count). The van der Waals surface area contributed by atoms with E-state index in [1.54, 1.807) is 7.11 Å². The summed E-state index contributed by atoms with van der Waals surface area (Å²) in [6.07, 6.45) is 3.18. The lowest BCUT2D eigenvalue weighted by molar-refractivity contribution is 0.419. The molecule has 2 aromatic rings. The average Bonchev–Trinajstić information content (AvgIpc) is 2.57. The predicted molar refractivity (Wildman–Crippen MR) is 60.3 cm³/mol. The van der Waals surface area contributed by atoms with Crippen molar-refractivity contribution in [2.75, 3.05) is 13.7 Å². The lowest BCUT2D eigenvalue weighted by atomic mass is 10.1. The minimum absolute atomic E-state index is 0.932. The zero-order valence-corrected chi connectivity index (χ0v) is 8.76. The van der Waals surface area contributed by atoms with Crippen LogP contribution in [0, 0.1) is 0 Å². The van der Waals surface area contributed by atoms with Gasteiger partial charge in [0.15, 0.2) is 0 Å². The number of ether oxygens (including phenoxy) is 1. The molecule has 1 aliphatic heterocycles. The Bertz CT molecular complexity index is 502. The van der Waals surface area contributed by atoms with Crippen LogP contribution in [-0.2, 0) is 13.0 Å². The molecule has 3 heteroatoms. The Kier molecular flexibility index (Phi) is 1.92. The summed E-state index contributed by atoms with van der Waals surface area (Å²) in [4.78, 5) is 3.31. The maximum absolute atomic E-state index is 5.35. The summed E-state index contributed by atoms with van der Waals surface area (Å²) in [7, 11) is 1.72. The predicted octanol–water partition coefficient (Wildman–Crippen LogP) is 1.82. The second-order valence-electron chi connectivity index (χ2n) is 3.92. The van der Waals surface area contributed by atoms with E-state index < -0.39 is 0 Å². The van der Waals surface area contributed by atoms with E-state index in [0.29, 0.717) is 0 Å². The van der Waals surface area contributed by atoms with Gasteiger partial charge in [0.2, 0.25) is 0 Å². The Balaban J connectivity index is 2.35. The normalized spacial score (nSPS) is 15.3. The van der Waals surface area contributed by atoms with E-state index in [0.717, 1.165) is 30.8 Å². The molecule has 0 atom stereocenters. The van der Waals surface area contributed by atoms with Gasteiger partial charge in [-0.1, -0.05) is 6.07 Å². The third-order valence-corrected chi connectivity index (χ3v) is 3.07. The first-order chi connectivity index (χ1) is 7.40. The highest BCUT2D eigenvalue weighted by molar-refractivity contribution is 5.91. The van der Waals surface area contributed by atoms with Crippen molar-refractivity contribution in [1.82, 2.24) is 10.3 Å². The first-order valence-electron chi connectivity index (χ1n) is 5.26. The molecule has 0 unspecified atom stereocenters. The summed E-state index contributed by atoms with van der Waals surface area (Å²) < 4.78 is 5.35. The zero-order valence-electron chi connectivity index (χ0n) is 8.76. The third-order valence-electron chi connectivity index (χ3n) is 3.07. The molecule has 0 saturated carbocycles. The van der Waals surface area contributed by atoms with Crippen LogP contribution in [0.25, 0.3) is 10.9 Å². The number of hydrogen-bond donors (Lipinski definition) is 2. The van der Waals surface area contributed by atoms with Crippen LogP contribution in [0.3, 0.4) is 0 Å². The molecule has 0 amide bonds. The number of aromatic nitrogens is 1. The minimum atomic E-state index is 0.932. The lowest BCUT2D eigenvalue weighted by Gasteiger charge is -2.06. The van der Waals surface area contributed by atoms with E-state index in [-0.39, 0.29) is 0 Å². The van der Waals surface area contributed by atoms with Crippen molar-refractivity contribution in [3.63, 3.8) is 0 Å². The van der Waals surface area contributed by atoms with E-state index in [1.807, 2.05) is 6.07 Å². The van der Waals surface area contributed by atoms with Gasteiger partial charge in [0.1, 0.15) is 5.75 Å². The topological polar surface area (TPSA) is 37.0 Å². The fourth-order valence-electron chi connectivity index (χ4n) is 2.33. The van der Waals surface area contributed by atoms with E-state index in [9.17, 15) is 0 Å². The van der Waals surface area contributed by atoms with Gasteiger partial charge in [0.05, 0.1) is 12.6 Å². The average molecular weight is 202 g/mol. The van der Waals surface area contributed by atoms with Gasteiger partial charge >= 0.3 is 0 Å². The fraction of sp³-hybridized carbons (Fsp3) is 0.333. The van der Waals surface area contributed by atoms with Gasteiger partial charge in [-0.15, -0.1) is 0 Å². The summed E-state index contributed by atoms with van der Waals surface area (Å²) in [6.45, 7) is 2.00. The molecule has 0 spiro atoms. The molecule has 1 aromatic carbocycles. The molecule has 15 heavy (non-hydrogen) atoms. The van der Waals surface area contributed by atoms with Crippen LogP contribution in [0.2, 0.25) is 0 Å². The van der Waals surface area contributed by atoms with Crippen LogP contribution < -0.4 is 10.1 Å². The number of hydrogen-bond acceptors (Lipinski definition) is 2. The summed E-state index contributed by atoms with van der Waals surface area (Å²) in [5, 5.41) is 4.77. The van der Waals surface area contributed by atoms with Crippen molar-refractivity contribution in [1.29, 1.82) is 0 Å². The van der Waals surface area contributed by atoms with Gasteiger partial charge in [-0.2, -0.15) is 0 Å². The van der Waals surface area contributed by atoms with Gasteiger partial charge in [-0.3, -0.25) is 0 Å². The Labute approximate surface area is 88.4 Å². The van der Waals surface area contributed by atoms with Crippen LogP contribution in [0.5, 0.6) is 5.75 Å². The molecule has 0 fully saturated rings. The Morgan fingerprint density at radius 2 is 2.20 bits per heavy atom. The van der Waals surface area contributed by atoms with Gasteiger partial charge < -0.3 is 15.0 Å². The van der Waals surface area contributed by atoms with Crippen LogP contribution in [0.1, 0.15) is 11.1 Å². The van der Waals surface area contributed by atoms with Crippen LogP contribution in [0.15, 0.2) is 18.3 Å². The molecule has 1 aliphatic rings. The van der Waals surface area contributed by atoms with Crippen LogP contribution >= 0.6 is 0 Å². The second-order valence-corrected chi connectivity index (χ2v) is 3.92. The van der Waals surface area contributed by atoms with Crippen molar-refractivity contribution in [2.24, 2.45) is 0 Å². The summed E-state index contributed by atoms with van der Waals surface area (Å²) in [5.74, 6) is 0.932. The van der Waals surface area contributed by atoms with Crippen molar-refractivity contribution >= 4 is 10.9 Å². The molecule has 3 nitrogen and oxygen atoms in total. The van der Waals surface area contributed by atoms with E-state index in [1.165, 1.54) is 16.5 Å². The Hall–Kier alpha value is -1.48. The molecule has 0 bridgehead atoms. The number of rotatable bonds is 1. The molecule has 0 saturated heterocycles. The highest BCUT2D eigenvalue weighted by Crippen LogP contribution is 2.31. The first kappa shape index (κ1) is 8.80. The van der Waals surface area contributed by atoms with Gasteiger partial charge in [-0.05, 0) is 30.2 Å². The highest BCUT2D eigenvalue weighted by atomic mass is 16.5. The van der Waals surface area contributed by atoms with Gasteiger partial charge in [0, 0.05) is 18.1 Å². The van der Waals surface area contributed by atoms with Crippen LogP contribution in [0.4, 0.5) is 0 Å². The quantitative estimate of drug-likeness (QED) is 0.740. The molecular formula is C12H14N2O. The number of H-pyrrole nitrogens is 1. The van der Waals surface area contributed by atoms with E-state index in [2.05, 4.69) is 22.6 Å². The highest BCUT2D eigenvalue weighted by Gasteiger charge is 2.14. The largest absolute Gasteiger partial charge is 0.495 e. The van der Waals surface area contributed by atoms with Crippen LogP contribution in [-0.4, -0.2) is 18.6 Å². The molecular weight excluding hydrogens is 188 g/mol. The lowest BCUT2D eigenvalue weighted by Crippen LogP contribution is -2.13. The number of aromatic amines is 1. The van der Waals surface area contributed by atoms with E-state index in [4.69, 9.17) is 4.74 Å². The number of benzene rings is 1. The Morgan fingerprint density at radius 3 is 3.07 bits per heavy atom. The smallest absolute Gasteiger partial charge is 0.142 e. The molecule has 0 radical (unpaired) electrons. The van der Waals surface area contributed by atoms with Gasteiger partial charge in [-0.25, -0.2) is 0 Å². The van der Waals surface area contributed by atoms with Crippen molar-refractivity contribution in [3.8, 4) is 5.75 Å². The van der Waals surface area contributed by atoms with Gasteiger partial charge in [0.25, 0.3) is 0 Å². The second kappa shape index (κ2) is 3.28.